The summed E-state index contributed by atoms with van der Waals surface area (Å²) in [6, 6.07) is 15.9. The van der Waals surface area contributed by atoms with Crippen LogP contribution in [0.1, 0.15) is 30.0 Å². The van der Waals surface area contributed by atoms with Crippen molar-refractivity contribution < 1.29 is 19.2 Å². The van der Waals surface area contributed by atoms with Crippen LogP contribution in [0.4, 0.5) is 0 Å². The van der Waals surface area contributed by atoms with E-state index in [1.807, 2.05) is 42.5 Å². The molecule has 2 heterocycles. The lowest BCUT2D eigenvalue weighted by Gasteiger charge is -2.27. The molecule has 0 radical (unpaired) electrons. The summed E-state index contributed by atoms with van der Waals surface area (Å²) in [6.07, 6.45) is 1.33. The summed E-state index contributed by atoms with van der Waals surface area (Å²) < 4.78 is 0. The molecule has 1 aliphatic carbocycles. The minimum absolute atomic E-state index is 0.0493. The lowest BCUT2D eigenvalue weighted by molar-refractivity contribution is -0.182. The third kappa shape index (κ3) is 4.16. The topological polar surface area (TPSA) is 79.0 Å². The smallest absolute Gasteiger partial charge is 0.261 e. The molecule has 0 bridgehead atoms. The maximum atomic E-state index is 13.4. The van der Waals surface area contributed by atoms with Gasteiger partial charge in [0.05, 0.1) is 18.5 Å². The first-order valence-corrected chi connectivity index (χ1v) is 11.2. The van der Waals surface area contributed by atoms with Gasteiger partial charge >= 0.3 is 0 Å². The van der Waals surface area contributed by atoms with Crippen molar-refractivity contribution in [2.75, 3.05) is 13.1 Å². The number of hydrogen-bond donors (Lipinski definition) is 1. The van der Waals surface area contributed by atoms with E-state index in [4.69, 9.17) is 16.4 Å². The van der Waals surface area contributed by atoms with Crippen molar-refractivity contribution >= 4 is 29.3 Å². The molecule has 1 saturated carbocycles. The summed E-state index contributed by atoms with van der Waals surface area (Å²) in [6.45, 7) is 0.796. The number of fused-ring (bicyclic) bond motifs is 1. The Kier molecular flexibility index (Phi) is 5.71. The molecular weight excluding hydrogens is 430 g/mol. The highest BCUT2D eigenvalue weighted by molar-refractivity contribution is 6.30. The van der Waals surface area contributed by atoms with Crippen LogP contribution >= 0.6 is 11.6 Å². The van der Waals surface area contributed by atoms with E-state index in [2.05, 4.69) is 5.32 Å². The van der Waals surface area contributed by atoms with Crippen LogP contribution in [0.3, 0.4) is 0 Å². The number of halogens is 1. The zero-order valence-electron chi connectivity index (χ0n) is 17.4. The minimum atomic E-state index is -0.942. The van der Waals surface area contributed by atoms with Gasteiger partial charge in [0.25, 0.3) is 5.91 Å². The molecule has 3 amide bonds. The zero-order chi connectivity index (χ0) is 22.2. The van der Waals surface area contributed by atoms with Crippen molar-refractivity contribution in [1.29, 1.82) is 0 Å². The van der Waals surface area contributed by atoms with E-state index in [-0.39, 0.29) is 30.8 Å². The molecule has 3 aliphatic rings. The summed E-state index contributed by atoms with van der Waals surface area (Å²) in [4.78, 5) is 46.2. The molecule has 2 saturated heterocycles. The predicted molar refractivity (Wildman–Crippen MR) is 117 cm³/mol. The Morgan fingerprint density at radius 2 is 1.75 bits per heavy atom. The highest BCUT2D eigenvalue weighted by Crippen LogP contribution is 2.45. The molecule has 2 aromatic rings. The highest BCUT2D eigenvalue weighted by atomic mass is 35.5. The fourth-order valence-electron chi connectivity index (χ4n) is 4.40. The van der Waals surface area contributed by atoms with Crippen LogP contribution in [0.5, 0.6) is 0 Å². The number of carbonyl (C=O) groups excluding carboxylic acids is 3. The Bertz CT molecular complexity index is 1030. The number of hydrogen-bond acceptors (Lipinski definition) is 5. The largest absolute Gasteiger partial charge is 0.355 e. The zero-order valence-corrected chi connectivity index (χ0v) is 18.2. The molecule has 8 heteroatoms. The molecule has 0 aromatic heterocycles. The van der Waals surface area contributed by atoms with Gasteiger partial charge in [0.2, 0.25) is 11.8 Å². The molecule has 32 heavy (non-hydrogen) atoms. The van der Waals surface area contributed by atoms with Crippen LogP contribution in [-0.4, -0.2) is 46.9 Å². The number of benzene rings is 2. The fraction of sp³-hybridized carbons (Fsp3) is 0.375. The van der Waals surface area contributed by atoms with E-state index >= 15 is 0 Å². The maximum absolute atomic E-state index is 13.4. The Morgan fingerprint density at radius 3 is 2.44 bits per heavy atom. The second kappa shape index (κ2) is 8.65. The number of hydroxylamine groups is 2. The van der Waals surface area contributed by atoms with Gasteiger partial charge in [-0.2, -0.15) is 5.06 Å². The fourth-order valence-corrected chi connectivity index (χ4v) is 4.52. The summed E-state index contributed by atoms with van der Waals surface area (Å²) in [7, 11) is 0. The van der Waals surface area contributed by atoms with E-state index in [1.54, 1.807) is 12.1 Å². The van der Waals surface area contributed by atoms with Crippen LogP contribution in [0.25, 0.3) is 0 Å². The second-order valence-electron chi connectivity index (χ2n) is 8.62. The van der Waals surface area contributed by atoms with E-state index < -0.39 is 18.1 Å². The van der Waals surface area contributed by atoms with Crippen LogP contribution in [-0.2, 0) is 25.8 Å². The third-order valence-corrected chi connectivity index (χ3v) is 6.52. The number of carbonyl (C=O) groups is 3. The summed E-state index contributed by atoms with van der Waals surface area (Å²) in [5, 5.41) is 4.97. The summed E-state index contributed by atoms with van der Waals surface area (Å²) in [5.74, 6) is -1.01. The van der Waals surface area contributed by atoms with Gasteiger partial charge in [-0.15, -0.1) is 0 Å². The average molecular weight is 454 g/mol. The molecule has 2 aromatic carbocycles. The number of nitrogens with zero attached hydrogens (tertiary/aromatic N) is 2. The quantitative estimate of drug-likeness (QED) is 0.652. The van der Waals surface area contributed by atoms with Gasteiger partial charge < -0.3 is 5.32 Å². The molecule has 3 fully saturated rings. The molecule has 3 unspecified atom stereocenters. The molecule has 1 N–H and O–H groups in total. The van der Waals surface area contributed by atoms with Crippen LogP contribution in [0.15, 0.2) is 54.6 Å². The van der Waals surface area contributed by atoms with Crippen molar-refractivity contribution in [3.63, 3.8) is 0 Å². The summed E-state index contributed by atoms with van der Waals surface area (Å²) in [5.41, 5.74) is 1.65. The normalized spacial score (nSPS) is 25.3. The van der Waals surface area contributed by atoms with Gasteiger partial charge in [0.1, 0.15) is 6.54 Å². The van der Waals surface area contributed by atoms with Gasteiger partial charge in [0, 0.05) is 11.6 Å². The molecular formula is C24H24ClN3O4. The number of likely N-dealkylation sites (tertiary alicyclic amines) is 1. The molecule has 3 atom stereocenters. The summed E-state index contributed by atoms with van der Waals surface area (Å²) >= 11 is 6.05. The van der Waals surface area contributed by atoms with E-state index in [0.717, 1.165) is 24.0 Å². The van der Waals surface area contributed by atoms with Crippen molar-refractivity contribution in [1.82, 2.24) is 15.3 Å². The molecule has 2 aliphatic heterocycles. The Labute approximate surface area is 191 Å². The van der Waals surface area contributed by atoms with E-state index in [1.165, 1.54) is 9.96 Å². The van der Waals surface area contributed by atoms with E-state index in [0.29, 0.717) is 17.5 Å². The average Bonchev–Trinajstić information content (AvgIpc) is 3.52. The SMILES string of the molecule is O=C(CN1OC2C(=O)N(Cc3ccccc3)C(=O)C2C1c1ccc(Cl)cc1)NCC1CC1. The highest BCUT2D eigenvalue weighted by Gasteiger charge is 2.59. The lowest BCUT2D eigenvalue weighted by Crippen LogP contribution is -2.41. The van der Waals surface area contributed by atoms with E-state index in [9.17, 15) is 14.4 Å². The predicted octanol–water partition coefficient (Wildman–Crippen LogP) is 2.71. The first kappa shape index (κ1) is 21.1. The molecule has 166 valence electrons. The third-order valence-electron chi connectivity index (χ3n) is 6.27. The number of nitrogens with one attached hydrogen (secondary N) is 1. The second-order valence-corrected chi connectivity index (χ2v) is 9.06. The van der Waals surface area contributed by atoms with Crippen molar-refractivity contribution in [2.24, 2.45) is 11.8 Å². The van der Waals surface area contributed by atoms with Crippen molar-refractivity contribution in [3.05, 3.63) is 70.7 Å². The maximum Gasteiger partial charge on any atom is 0.261 e. The number of rotatable bonds is 7. The van der Waals surface area contributed by atoms with Crippen LogP contribution < -0.4 is 5.32 Å². The first-order valence-electron chi connectivity index (χ1n) is 10.9. The van der Waals surface area contributed by atoms with Crippen LogP contribution in [0.2, 0.25) is 5.02 Å². The van der Waals surface area contributed by atoms with Gasteiger partial charge in [0.15, 0.2) is 6.10 Å². The monoisotopic (exact) mass is 453 g/mol. The molecule has 0 spiro atoms. The minimum Gasteiger partial charge on any atom is -0.355 e. The Morgan fingerprint density at radius 1 is 1.03 bits per heavy atom. The van der Waals surface area contributed by atoms with Gasteiger partial charge in [-0.05, 0) is 42.0 Å². The standard InChI is InChI=1S/C24H24ClN3O4/c25-18-10-8-17(9-11-18)21-20-22(32-28(21)14-19(29)26-12-15-6-7-15)24(31)27(23(20)30)13-16-4-2-1-3-5-16/h1-5,8-11,15,20-22H,6-7,12-14H2,(H,26,29). The van der Waals surface area contributed by atoms with Crippen molar-refractivity contribution in [2.45, 2.75) is 31.5 Å². The molecule has 5 rings (SSSR count). The van der Waals surface area contributed by atoms with Crippen molar-refractivity contribution in [3.8, 4) is 0 Å². The Hall–Kier alpha value is -2.74. The first-order chi connectivity index (χ1) is 15.5. The Balaban J connectivity index is 1.39. The van der Waals surface area contributed by atoms with Gasteiger partial charge in [-0.1, -0.05) is 54.1 Å². The lowest BCUT2D eigenvalue weighted by atomic mass is 9.91. The number of imide groups is 1. The molecule has 7 nitrogen and oxygen atoms in total. The van der Waals surface area contributed by atoms with Crippen LogP contribution in [0, 0.1) is 11.8 Å². The van der Waals surface area contributed by atoms with Gasteiger partial charge in [-0.25, -0.2) is 0 Å². The number of amides is 3. The van der Waals surface area contributed by atoms with Gasteiger partial charge in [-0.3, -0.25) is 24.1 Å².